The van der Waals surface area contributed by atoms with Gasteiger partial charge in [0.2, 0.25) is 0 Å². The minimum atomic E-state index is -0.142. The molecule has 13 rings (SSSR count). The summed E-state index contributed by atoms with van der Waals surface area (Å²) in [6.07, 6.45) is 5.32. The third-order valence-electron chi connectivity index (χ3n) is 16.0. The Kier molecular flexibility index (Phi) is 8.63. The number of nitrogens with zero attached hydrogens (tertiary/aromatic N) is 1. The lowest BCUT2D eigenvalue weighted by Gasteiger charge is -2.37. The molecule has 0 heterocycles. The van der Waals surface area contributed by atoms with Gasteiger partial charge in [-0.1, -0.05) is 202 Å². The van der Waals surface area contributed by atoms with Crippen molar-refractivity contribution in [1.82, 2.24) is 0 Å². The SMILES string of the molecule is CC1(C)c2ccccc2-c2cccc(-c3ccccc3N(c3ccc(-c4ccc(-c5ccc(-c6ccccc6)cc5)cc4)cc3)c3ccc4c(c3)C3(CC5CCC3C5)c3ccccc3-4)c21. The Labute approximate surface area is 383 Å². The van der Waals surface area contributed by atoms with Gasteiger partial charge < -0.3 is 4.90 Å². The molecule has 0 radical (unpaired) electrons. The van der Waals surface area contributed by atoms with E-state index in [2.05, 4.69) is 231 Å². The first-order valence-electron chi connectivity index (χ1n) is 23.7. The second-order valence-electron chi connectivity index (χ2n) is 19.6. The lowest BCUT2D eigenvalue weighted by Crippen LogP contribution is -2.32. The van der Waals surface area contributed by atoms with Crippen LogP contribution in [0.15, 0.2) is 212 Å². The minimum absolute atomic E-state index is 0.0893. The molecule has 0 N–H and O–H groups in total. The quantitative estimate of drug-likeness (QED) is 0.155. The molecule has 0 amide bonds. The number of hydrogen-bond donors (Lipinski definition) is 0. The molecule has 0 aliphatic heterocycles. The molecule has 3 atom stereocenters. The van der Waals surface area contributed by atoms with Crippen LogP contribution in [0.2, 0.25) is 0 Å². The third-order valence-corrected chi connectivity index (χ3v) is 16.0. The van der Waals surface area contributed by atoms with Crippen LogP contribution in [-0.4, -0.2) is 0 Å². The van der Waals surface area contributed by atoms with Crippen LogP contribution in [-0.2, 0) is 10.8 Å². The highest BCUT2D eigenvalue weighted by Crippen LogP contribution is 2.66. The first kappa shape index (κ1) is 38.3. The van der Waals surface area contributed by atoms with Gasteiger partial charge in [-0.15, -0.1) is 0 Å². The van der Waals surface area contributed by atoms with Crippen LogP contribution in [0.1, 0.15) is 61.8 Å². The van der Waals surface area contributed by atoms with E-state index in [1.807, 2.05) is 0 Å². The zero-order chi connectivity index (χ0) is 43.3. The summed E-state index contributed by atoms with van der Waals surface area (Å²) >= 11 is 0. The number of anilines is 3. The highest BCUT2D eigenvalue weighted by Gasteiger charge is 2.56. The molecule has 2 fully saturated rings. The molecule has 0 aromatic heterocycles. The van der Waals surface area contributed by atoms with E-state index in [0.29, 0.717) is 5.92 Å². The smallest absolute Gasteiger partial charge is 0.0540 e. The summed E-state index contributed by atoms with van der Waals surface area (Å²) in [5.41, 5.74) is 24.9. The average Bonchev–Trinajstić information content (AvgIpc) is 4.12. The van der Waals surface area contributed by atoms with E-state index < -0.39 is 0 Å². The highest BCUT2D eigenvalue weighted by molar-refractivity contribution is 5.95. The maximum Gasteiger partial charge on any atom is 0.0540 e. The van der Waals surface area contributed by atoms with Crippen molar-refractivity contribution in [2.45, 2.75) is 50.4 Å². The standard InChI is InChI=1S/C64H51N/c1-63(2)58-20-9-6-16-53(58)56-18-12-19-57(62(56)63)55-17-8-11-22-61(55)65(51-37-38-54-52-15-7-10-21-59(52)64(60(54)40-51)41-42-23-34-49(64)39-42)50-35-32-48(33-36-50)47-30-28-46(29-31-47)45-26-24-44(25-27-45)43-13-4-3-5-14-43/h3-22,24-33,35-38,40,42,49H,23,34,39,41H2,1-2H3. The molecule has 65 heavy (non-hydrogen) atoms. The van der Waals surface area contributed by atoms with Gasteiger partial charge in [0.15, 0.2) is 0 Å². The molecule has 3 unspecified atom stereocenters. The van der Waals surface area contributed by atoms with Gasteiger partial charge in [-0.2, -0.15) is 0 Å². The Hall–Kier alpha value is -7.22. The first-order valence-corrected chi connectivity index (χ1v) is 23.7. The summed E-state index contributed by atoms with van der Waals surface area (Å²) in [6, 6.07) is 79.8. The summed E-state index contributed by atoms with van der Waals surface area (Å²) in [6.45, 7) is 4.81. The fourth-order valence-electron chi connectivity index (χ4n) is 13.1. The Balaban J connectivity index is 0.924. The van der Waals surface area contributed by atoms with E-state index >= 15 is 0 Å². The molecule has 2 bridgehead atoms. The van der Waals surface area contributed by atoms with Gasteiger partial charge in [0.05, 0.1) is 5.69 Å². The number of fused-ring (bicyclic) bond motifs is 11. The average molecular weight is 834 g/mol. The van der Waals surface area contributed by atoms with Crippen LogP contribution in [0, 0.1) is 11.8 Å². The van der Waals surface area contributed by atoms with E-state index in [0.717, 1.165) is 11.6 Å². The molecule has 2 saturated carbocycles. The Morgan fingerprint density at radius 2 is 0.862 bits per heavy atom. The molecule has 0 saturated heterocycles. The van der Waals surface area contributed by atoms with Crippen LogP contribution in [0.4, 0.5) is 17.1 Å². The molecular formula is C64H51N. The summed E-state index contributed by atoms with van der Waals surface area (Å²) in [7, 11) is 0. The van der Waals surface area contributed by atoms with Crippen molar-refractivity contribution in [2.24, 2.45) is 11.8 Å². The van der Waals surface area contributed by atoms with Crippen LogP contribution < -0.4 is 4.90 Å². The van der Waals surface area contributed by atoms with Crippen LogP contribution in [0.3, 0.4) is 0 Å². The van der Waals surface area contributed by atoms with E-state index in [4.69, 9.17) is 0 Å². The van der Waals surface area contributed by atoms with E-state index in [1.165, 1.54) is 121 Å². The summed E-state index contributed by atoms with van der Waals surface area (Å²) in [5, 5.41) is 0. The third kappa shape index (κ3) is 5.84. The summed E-state index contributed by atoms with van der Waals surface area (Å²) < 4.78 is 0. The van der Waals surface area contributed by atoms with Crippen molar-refractivity contribution in [3.63, 3.8) is 0 Å². The van der Waals surface area contributed by atoms with Gasteiger partial charge in [0.1, 0.15) is 0 Å². The number of benzene rings is 9. The minimum Gasteiger partial charge on any atom is -0.310 e. The highest BCUT2D eigenvalue weighted by atomic mass is 15.1. The molecule has 1 spiro atoms. The molecule has 4 aliphatic carbocycles. The van der Waals surface area contributed by atoms with Gasteiger partial charge in [0, 0.05) is 27.8 Å². The molecule has 312 valence electrons. The van der Waals surface area contributed by atoms with Gasteiger partial charge in [-0.05, 0) is 145 Å². The predicted molar refractivity (Wildman–Crippen MR) is 272 cm³/mol. The van der Waals surface area contributed by atoms with E-state index in [9.17, 15) is 0 Å². The van der Waals surface area contributed by atoms with Gasteiger partial charge in [-0.3, -0.25) is 0 Å². The Morgan fingerprint density at radius 3 is 1.48 bits per heavy atom. The predicted octanol–water partition coefficient (Wildman–Crippen LogP) is 17.2. The fourth-order valence-corrected chi connectivity index (χ4v) is 13.1. The second-order valence-corrected chi connectivity index (χ2v) is 19.6. The van der Waals surface area contributed by atoms with Crippen LogP contribution in [0.5, 0.6) is 0 Å². The first-order chi connectivity index (χ1) is 32.0. The van der Waals surface area contributed by atoms with Crippen molar-refractivity contribution in [3.05, 3.63) is 235 Å². The molecular weight excluding hydrogens is 783 g/mol. The van der Waals surface area contributed by atoms with E-state index in [-0.39, 0.29) is 10.8 Å². The number of para-hydroxylation sites is 1. The van der Waals surface area contributed by atoms with Gasteiger partial charge in [0.25, 0.3) is 0 Å². The van der Waals surface area contributed by atoms with Crippen molar-refractivity contribution in [3.8, 4) is 66.8 Å². The zero-order valence-corrected chi connectivity index (χ0v) is 37.1. The Bertz CT molecular complexity index is 3280. The Morgan fingerprint density at radius 1 is 0.385 bits per heavy atom. The topological polar surface area (TPSA) is 3.24 Å². The van der Waals surface area contributed by atoms with Crippen LogP contribution >= 0.6 is 0 Å². The maximum atomic E-state index is 2.60. The monoisotopic (exact) mass is 833 g/mol. The summed E-state index contributed by atoms with van der Waals surface area (Å²) in [4.78, 5) is 2.56. The lowest BCUT2D eigenvalue weighted by atomic mass is 9.67. The molecule has 1 heteroatoms. The number of rotatable bonds is 7. The van der Waals surface area contributed by atoms with Crippen LogP contribution in [0.25, 0.3) is 66.8 Å². The second kappa shape index (κ2) is 14.7. The van der Waals surface area contributed by atoms with Gasteiger partial charge >= 0.3 is 0 Å². The number of hydrogen-bond acceptors (Lipinski definition) is 1. The van der Waals surface area contributed by atoms with Crippen molar-refractivity contribution in [2.75, 3.05) is 4.90 Å². The largest absolute Gasteiger partial charge is 0.310 e. The normalized spacial score (nSPS) is 19.2. The lowest BCUT2D eigenvalue weighted by molar-refractivity contribution is 0.327. The van der Waals surface area contributed by atoms with E-state index in [1.54, 1.807) is 5.56 Å². The maximum absolute atomic E-state index is 2.60. The molecule has 9 aromatic carbocycles. The zero-order valence-electron chi connectivity index (χ0n) is 37.1. The van der Waals surface area contributed by atoms with Crippen molar-refractivity contribution in [1.29, 1.82) is 0 Å². The molecule has 9 aromatic rings. The molecule has 4 aliphatic rings. The fraction of sp³-hybridized carbons (Fsp3) is 0.156. The van der Waals surface area contributed by atoms with Crippen molar-refractivity contribution >= 4 is 17.1 Å². The van der Waals surface area contributed by atoms with Crippen molar-refractivity contribution < 1.29 is 0 Å². The molecule has 1 nitrogen and oxygen atoms in total. The summed E-state index contributed by atoms with van der Waals surface area (Å²) in [5.74, 6) is 1.51. The van der Waals surface area contributed by atoms with Gasteiger partial charge in [-0.25, -0.2) is 0 Å².